The smallest absolute Gasteiger partial charge is 0.267 e. The lowest BCUT2D eigenvalue weighted by Crippen LogP contribution is -2.45. The second kappa shape index (κ2) is 11.0. The zero-order chi connectivity index (χ0) is 24.8. The van der Waals surface area contributed by atoms with E-state index in [2.05, 4.69) is 5.32 Å². The van der Waals surface area contributed by atoms with E-state index in [0.29, 0.717) is 48.0 Å². The molecule has 7 nitrogen and oxygen atoms in total. The zero-order valence-electron chi connectivity index (χ0n) is 20.2. The molecule has 0 radical (unpaired) electrons. The SMILES string of the molecule is COc1ccc(CCC(=O)Nc2ccc3c(c2)N(CCc2ccccc2)C(=O)C(C)O3)cc1OC. The van der Waals surface area contributed by atoms with Crippen molar-refractivity contribution in [1.29, 1.82) is 0 Å². The number of nitrogens with zero attached hydrogens (tertiary/aromatic N) is 1. The summed E-state index contributed by atoms with van der Waals surface area (Å²) < 4.78 is 16.4. The number of ether oxygens (including phenoxy) is 3. The van der Waals surface area contributed by atoms with E-state index in [4.69, 9.17) is 14.2 Å². The van der Waals surface area contributed by atoms with Crippen molar-refractivity contribution in [3.8, 4) is 17.2 Å². The van der Waals surface area contributed by atoms with Crippen LogP contribution in [0.5, 0.6) is 17.2 Å². The van der Waals surface area contributed by atoms with Crippen LogP contribution >= 0.6 is 0 Å². The Morgan fingerprint density at radius 2 is 1.71 bits per heavy atom. The summed E-state index contributed by atoms with van der Waals surface area (Å²) in [6, 6.07) is 21.1. The van der Waals surface area contributed by atoms with Crippen molar-refractivity contribution in [3.63, 3.8) is 0 Å². The van der Waals surface area contributed by atoms with Crippen LogP contribution in [0.2, 0.25) is 0 Å². The van der Waals surface area contributed by atoms with Gasteiger partial charge in [-0.2, -0.15) is 0 Å². The maximum Gasteiger partial charge on any atom is 0.267 e. The van der Waals surface area contributed by atoms with Crippen LogP contribution in [-0.2, 0) is 22.4 Å². The lowest BCUT2D eigenvalue weighted by Gasteiger charge is -2.33. The molecule has 1 aliphatic rings. The summed E-state index contributed by atoms with van der Waals surface area (Å²) in [5.74, 6) is 1.71. The van der Waals surface area contributed by atoms with Crippen molar-refractivity contribution >= 4 is 23.2 Å². The molecule has 0 saturated heterocycles. The number of aryl methyl sites for hydroxylation is 1. The minimum absolute atomic E-state index is 0.0923. The van der Waals surface area contributed by atoms with Gasteiger partial charge in [0.2, 0.25) is 5.91 Å². The van der Waals surface area contributed by atoms with Gasteiger partial charge < -0.3 is 24.4 Å². The summed E-state index contributed by atoms with van der Waals surface area (Å²) in [6.07, 6.45) is 1.02. The Morgan fingerprint density at radius 3 is 2.46 bits per heavy atom. The van der Waals surface area contributed by atoms with Gasteiger partial charge in [-0.3, -0.25) is 9.59 Å². The molecule has 0 bridgehead atoms. The third-order valence-electron chi connectivity index (χ3n) is 6.01. The molecule has 0 aromatic heterocycles. The summed E-state index contributed by atoms with van der Waals surface area (Å²) in [5, 5.41) is 2.95. The first-order chi connectivity index (χ1) is 17.0. The van der Waals surface area contributed by atoms with Gasteiger partial charge in [0.1, 0.15) is 5.75 Å². The van der Waals surface area contributed by atoms with E-state index in [1.807, 2.05) is 48.5 Å². The molecule has 1 atom stereocenters. The monoisotopic (exact) mass is 474 g/mol. The first-order valence-corrected chi connectivity index (χ1v) is 11.6. The Kier molecular flexibility index (Phi) is 7.55. The zero-order valence-corrected chi connectivity index (χ0v) is 20.2. The van der Waals surface area contributed by atoms with E-state index in [1.54, 1.807) is 44.2 Å². The van der Waals surface area contributed by atoms with Crippen LogP contribution in [0, 0.1) is 0 Å². The van der Waals surface area contributed by atoms with Crippen LogP contribution in [0.15, 0.2) is 66.7 Å². The highest BCUT2D eigenvalue weighted by atomic mass is 16.5. The average Bonchev–Trinajstić information content (AvgIpc) is 2.88. The van der Waals surface area contributed by atoms with Crippen molar-refractivity contribution in [1.82, 2.24) is 0 Å². The fraction of sp³-hybridized carbons (Fsp3) is 0.286. The molecule has 0 aliphatic carbocycles. The summed E-state index contributed by atoms with van der Waals surface area (Å²) in [5.41, 5.74) is 3.42. The fourth-order valence-electron chi connectivity index (χ4n) is 4.12. The van der Waals surface area contributed by atoms with E-state index in [1.165, 1.54) is 0 Å². The molecular weight excluding hydrogens is 444 g/mol. The topological polar surface area (TPSA) is 77.1 Å². The molecule has 1 heterocycles. The second-order valence-electron chi connectivity index (χ2n) is 8.41. The third kappa shape index (κ3) is 5.74. The van der Waals surface area contributed by atoms with Gasteiger partial charge >= 0.3 is 0 Å². The third-order valence-corrected chi connectivity index (χ3v) is 6.01. The Balaban J connectivity index is 1.43. The molecule has 3 aromatic rings. The summed E-state index contributed by atoms with van der Waals surface area (Å²) in [6.45, 7) is 2.28. The molecule has 35 heavy (non-hydrogen) atoms. The number of rotatable bonds is 9. The van der Waals surface area contributed by atoms with Crippen LogP contribution < -0.4 is 24.4 Å². The number of anilines is 2. The number of carbonyl (C=O) groups excluding carboxylic acids is 2. The standard InChI is InChI=1S/C28H30N2O5/c1-19-28(32)30(16-15-20-7-5-4-6-8-20)23-18-22(11-13-24(23)35-19)29-27(31)14-10-21-9-12-25(33-2)26(17-21)34-3/h4-9,11-13,17-19H,10,14-16H2,1-3H3,(H,29,31). The minimum Gasteiger partial charge on any atom is -0.493 e. The molecule has 1 N–H and O–H groups in total. The fourth-order valence-corrected chi connectivity index (χ4v) is 4.12. The second-order valence-corrected chi connectivity index (χ2v) is 8.41. The number of amides is 2. The number of hydrogen-bond donors (Lipinski definition) is 1. The Hall–Kier alpha value is -4.00. The van der Waals surface area contributed by atoms with Crippen LogP contribution in [0.1, 0.15) is 24.5 Å². The Morgan fingerprint density at radius 1 is 0.943 bits per heavy atom. The van der Waals surface area contributed by atoms with Crippen molar-refractivity contribution in [3.05, 3.63) is 77.9 Å². The van der Waals surface area contributed by atoms with Gasteiger partial charge in [0.05, 0.1) is 19.9 Å². The summed E-state index contributed by atoms with van der Waals surface area (Å²) in [4.78, 5) is 27.3. The van der Waals surface area contributed by atoms with Gasteiger partial charge in [-0.25, -0.2) is 0 Å². The molecule has 182 valence electrons. The van der Waals surface area contributed by atoms with Crippen molar-refractivity contribution < 1.29 is 23.8 Å². The van der Waals surface area contributed by atoms with Crippen molar-refractivity contribution in [2.24, 2.45) is 0 Å². The lowest BCUT2D eigenvalue weighted by molar-refractivity contribution is -0.125. The summed E-state index contributed by atoms with van der Waals surface area (Å²) >= 11 is 0. The van der Waals surface area contributed by atoms with E-state index in [-0.39, 0.29) is 11.8 Å². The lowest BCUT2D eigenvalue weighted by atomic mass is 10.1. The van der Waals surface area contributed by atoms with E-state index in [0.717, 1.165) is 17.5 Å². The molecule has 1 unspecified atom stereocenters. The van der Waals surface area contributed by atoms with Crippen LogP contribution in [-0.4, -0.2) is 38.7 Å². The number of benzene rings is 3. The minimum atomic E-state index is -0.555. The normalized spacial score (nSPS) is 14.7. The maximum atomic E-state index is 12.9. The molecule has 1 aliphatic heterocycles. The Labute approximate surface area is 205 Å². The molecule has 2 amide bonds. The predicted molar refractivity (Wildman–Crippen MR) is 136 cm³/mol. The van der Waals surface area contributed by atoms with Crippen molar-refractivity contribution in [2.45, 2.75) is 32.3 Å². The number of nitrogens with one attached hydrogen (secondary N) is 1. The molecule has 4 rings (SSSR count). The summed E-state index contributed by atoms with van der Waals surface area (Å²) in [7, 11) is 3.17. The molecule has 0 fully saturated rings. The van der Waals surface area contributed by atoms with Gasteiger partial charge in [0.25, 0.3) is 5.91 Å². The van der Waals surface area contributed by atoms with Gasteiger partial charge in [0.15, 0.2) is 17.6 Å². The van der Waals surface area contributed by atoms with Gasteiger partial charge in [-0.1, -0.05) is 36.4 Å². The number of fused-ring (bicyclic) bond motifs is 1. The van der Waals surface area contributed by atoms with Crippen LogP contribution in [0.25, 0.3) is 0 Å². The number of hydrogen-bond acceptors (Lipinski definition) is 5. The first kappa shape index (κ1) is 24.1. The average molecular weight is 475 g/mol. The van der Waals surface area contributed by atoms with Gasteiger partial charge in [-0.15, -0.1) is 0 Å². The first-order valence-electron chi connectivity index (χ1n) is 11.6. The highest BCUT2D eigenvalue weighted by molar-refractivity contribution is 6.01. The Bertz CT molecular complexity index is 1200. The van der Waals surface area contributed by atoms with E-state index in [9.17, 15) is 9.59 Å². The van der Waals surface area contributed by atoms with E-state index >= 15 is 0 Å². The highest BCUT2D eigenvalue weighted by Gasteiger charge is 2.31. The molecular formula is C28H30N2O5. The maximum absolute atomic E-state index is 12.9. The van der Waals surface area contributed by atoms with Crippen LogP contribution in [0.3, 0.4) is 0 Å². The predicted octanol–water partition coefficient (Wildman–Crippen LogP) is 4.63. The number of methoxy groups -OCH3 is 2. The van der Waals surface area contributed by atoms with E-state index < -0.39 is 6.10 Å². The van der Waals surface area contributed by atoms with Gasteiger partial charge in [0, 0.05) is 18.7 Å². The largest absolute Gasteiger partial charge is 0.493 e. The van der Waals surface area contributed by atoms with Gasteiger partial charge in [-0.05, 0) is 61.2 Å². The number of carbonyl (C=O) groups is 2. The van der Waals surface area contributed by atoms with Crippen molar-refractivity contribution in [2.75, 3.05) is 31.0 Å². The molecule has 0 saturated carbocycles. The molecule has 3 aromatic carbocycles. The highest BCUT2D eigenvalue weighted by Crippen LogP contribution is 2.36. The quantitative estimate of drug-likeness (QED) is 0.489. The molecule has 7 heteroatoms. The van der Waals surface area contributed by atoms with Crippen LogP contribution in [0.4, 0.5) is 11.4 Å². The molecule has 0 spiro atoms.